The molecule has 258 valence electrons. The van der Waals surface area contributed by atoms with E-state index in [0.717, 1.165) is 32.3 Å². The number of nitriles is 1. The van der Waals surface area contributed by atoms with Gasteiger partial charge in [-0.3, -0.25) is 9.36 Å². The van der Waals surface area contributed by atoms with Gasteiger partial charge in [-0.15, -0.1) is 0 Å². The number of nitrogens with one attached hydrogen (secondary N) is 1. The first-order chi connectivity index (χ1) is 23.1. The molecular formula is C35H40F3N8O3+. The van der Waals surface area contributed by atoms with Crippen LogP contribution < -0.4 is 11.0 Å². The molecular weight excluding hydrogens is 637 g/mol. The van der Waals surface area contributed by atoms with E-state index in [9.17, 15) is 32.8 Å². The number of carbonyl (C=O) groups excluding carboxylic acids is 2. The predicted octanol–water partition coefficient (Wildman–Crippen LogP) is 4.97. The summed E-state index contributed by atoms with van der Waals surface area (Å²) in [4.78, 5) is 43.0. The summed E-state index contributed by atoms with van der Waals surface area (Å²) in [5.41, 5.74) is -0.168. The molecule has 1 saturated carbocycles. The van der Waals surface area contributed by atoms with Crippen LogP contribution in [0, 0.1) is 24.2 Å². The number of quaternary nitrogens is 1. The number of alkyl halides is 3. The van der Waals surface area contributed by atoms with E-state index in [0.29, 0.717) is 49.2 Å². The van der Waals surface area contributed by atoms with Crippen LogP contribution in [-0.4, -0.2) is 87.6 Å². The molecule has 1 N–H and O–H groups in total. The van der Waals surface area contributed by atoms with Gasteiger partial charge in [-0.25, -0.2) is 18.8 Å². The van der Waals surface area contributed by atoms with Crippen LogP contribution in [0.1, 0.15) is 42.5 Å². The molecule has 0 saturated heterocycles. The van der Waals surface area contributed by atoms with Crippen molar-refractivity contribution in [3.8, 4) is 28.8 Å². The topological polar surface area (TPSA) is 118 Å². The van der Waals surface area contributed by atoms with Gasteiger partial charge >= 0.3 is 17.9 Å². The molecule has 11 nitrogen and oxygen atoms in total. The summed E-state index contributed by atoms with van der Waals surface area (Å²) in [7, 11) is 8.01. The third-order valence-electron chi connectivity index (χ3n) is 8.93. The predicted molar refractivity (Wildman–Crippen MR) is 177 cm³/mol. The van der Waals surface area contributed by atoms with E-state index in [2.05, 4.69) is 37.6 Å². The van der Waals surface area contributed by atoms with E-state index in [1.54, 1.807) is 49.2 Å². The summed E-state index contributed by atoms with van der Waals surface area (Å²) < 4.78 is 45.3. The van der Waals surface area contributed by atoms with E-state index < -0.39 is 23.5 Å². The van der Waals surface area contributed by atoms with Gasteiger partial charge in [0.1, 0.15) is 5.69 Å². The maximum Gasteiger partial charge on any atom is 0.416 e. The molecule has 1 fully saturated rings. The Morgan fingerprint density at radius 3 is 2.33 bits per heavy atom. The molecule has 49 heavy (non-hydrogen) atoms. The summed E-state index contributed by atoms with van der Waals surface area (Å²) in [6, 6.07) is 13.5. The van der Waals surface area contributed by atoms with Crippen LogP contribution in [-0.2, 0) is 11.0 Å². The number of rotatable bonds is 8. The minimum Gasteiger partial charge on any atom is -0.340 e. The highest BCUT2D eigenvalue weighted by molar-refractivity contribution is 5.83. The zero-order chi connectivity index (χ0) is 35.7. The quantitative estimate of drug-likeness (QED) is 0.265. The first kappa shape index (κ1) is 35.2. The maximum absolute atomic E-state index is 14.1. The molecule has 0 radical (unpaired) electrons. The van der Waals surface area contributed by atoms with E-state index in [1.165, 1.54) is 23.0 Å². The maximum atomic E-state index is 14.1. The number of halogens is 3. The van der Waals surface area contributed by atoms with Crippen molar-refractivity contribution >= 4 is 11.9 Å². The monoisotopic (exact) mass is 677 g/mol. The summed E-state index contributed by atoms with van der Waals surface area (Å²) >= 11 is 0. The van der Waals surface area contributed by atoms with Gasteiger partial charge in [0, 0.05) is 19.0 Å². The summed E-state index contributed by atoms with van der Waals surface area (Å²) in [6.45, 7) is 3.00. The summed E-state index contributed by atoms with van der Waals surface area (Å²) in [5.74, 6) is -0.100. The second kappa shape index (κ2) is 13.8. The zero-order valence-corrected chi connectivity index (χ0v) is 28.2. The molecule has 4 aromatic rings. The second-order valence-corrected chi connectivity index (χ2v) is 13.5. The fourth-order valence-corrected chi connectivity index (χ4v) is 6.18. The summed E-state index contributed by atoms with van der Waals surface area (Å²) in [5, 5.41) is 16.6. The van der Waals surface area contributed by atoms with Crippen LogP contribution in [0.4, 0.5) is 18.0 Å². The van der Waals surface area contributed by atoms with Crippen LogP contribution in [0.3, 0.4) is 0 Å². The molecule has 0 atom stereocenters. The third kappa shape index (κ3) is 7.62. The van der Waals surface area contributed by atoms with E-state index in [-0.39, 0.29) is 34.9 Å². The van der Waals surface area contributed by atoms with Crippen molar-refractivity contribution in [1.29, 1.82) is 5.26 Å². The molecule has 14 heteroatoms. The molecule has 2 aromatic carbocycles. The number of aromatic nitrogens is 4. The number of hydrogen-bond acceptors (Lipinski definition) is 5. The number of imidazole rings is 1. The second-order valence-electron chi connectivity index (χ2n) is 13.5. The van der Waals surface area contributed by atoms with Gasteiger partial charge in [0.05, 0.1) is 80.4 Å². The number of carbonyl (C=O) groups is 2. The molecule has 1 aliphatic carbocycles. The van der Waals surface area contributed by atoms with Gasteiger partial charge < -0.3 is 14.7 Å². The number of hydrogen-bond donors (Lipinski definition) is 1. The van der Waals surface area contributed by atoms with Gasteiger partial charge in [-0.1, -0.05) is 6.07 Å². The Morgan fingerprint density at radius 2 is 1.71 bits per heavy atom. The minimum absolute atomic E-state index is 0.0528. The number of likely N-dealkylation sites (N-methyl/N-ethyl adjacent to an activating group) is 2. The standard InChI is InChI=1S/C35H39F3N8O3/c1-23-31(30-17-18-40-45(30)28-15-9-24(22-39)10-16-28)44(34(49)43(23)29-8-6-7-26(21-29)35(36,37)38)33(48)41-27-13-11-25(12-14-27)32(47)42(2)19-20-46(3,4)5/h6-10,15-18,21,25,27H,11-14,19-20H2,1-5H3/p+1. The van der Waals surface area contributed by atoms with Crippen molar-refractivity contribution in [3.05, 3.63) is 88.1 Å². The molecule has 2 aromatic heterocycles. The van der Waals surface area contributed by atoms with Gasteiger partial charge in [0.2, 0.25) is 5.91 Å². The molecule has 0 bridgehead atoms. The van der Waals surface area contributed by atoms with E-state index in [4.69, 9.17) is 0 Å². The highest BCUT2D eigenvalue weighted by atomic mass is 19.4. The molecule has 5 rings (SSSR count). The summed E-state index contributed by atoms with van der Waals surface area (Å²) in [6.07, 6.45) is -0.994. The normalized spacial score (nSPS) is 16.6. The lowest BCUT2D eigenvalue weighted by molar-refractivity contribution is -0.869. The molecule has 0 spiro atoms. The van der Waals surface area contributed by atoms with E-state index in [1.807, 2.05) is 0 Å². The average molecular weight is 678 g/mol. The fourth-order valence-electron chi connectivity index (χ4n) is 6.18. The van der Waals surface area contributed by atoms with Gasteiger partial charge in [-0.05, 0) is 81.1 Å². The largest absolute Gasteiger partial charge is 0.416 e. The number of benzene rings is 2. The number of amides is 2. The van der Waals surface area contributed by atoms with Crippen LogP contribution in [0.5, 0.6) is 0 Å². The van der Waals surface area contributed by atoms with Crippen molar-refractivity contribution in [2.24, 2.45) is 5.92 Å². The Kier molecular flexibility index (Phi) is 9.87. The zero-order valence-electron chi connectivity index (χ0n) is 28.2. The first-order valence-electron chi connectivity index (χ1n) is 16.0. The highest BCUT2D eigenvalue weighted by Crippen LogP contribution is 2.32. The first-order valence-corrected chi connectivity index (χ1v) is 16.0. The number of nitrogens with zero attached hydrogens (tertiary/aromatic N) is 7. The van der Waals surface area contributed by atoms with Crippen LogP contribution in [0.2, 0.25) is 0 Å². The van der Waals surface area contributed by atoms with Crippen molar-refractivity contribution in [3.63, 3.8) is 0 Å². The Bertz CT molecular complexity index is 1940. The minimum atomic E-state index is -4.65. The Labute approximate surface area is 282 Å². The average Bonchev–Trinajstić information content (AvgIpc) is 3.64. The van der Waals surface area contributed by atoms with Crippen molar-refractivity contribution in [2.45, 2.75) is 44.8 Å². The lowest BCUT2D eigenvalue weighted by atomic mass is 9.85. The molecule has 2 amide bonds. The van der Waals surface area contributed by atoms with Crippen LogP contribution in [0.25, 0.3) is 22.8 Å². The lowest BCUT2D eigenvalue weighted by Crippen LogP contribution is -2.46. The van der Waals surface area contributed by atoms with Gasteiger partial charge in [-0.2, -0.15) is 23.5 Å². The fraction of sp³-hybridized carbons (Fsp3) is 0.400. The molecule has 2 heterocycles. The SMILES string of the molecule is Cc1c(-c2ccnn2-c2ccc(C#N)cc2)n(C(=O)NC2CCC(C(=O)N(C)CC[N+](C)(C)C)CC2)c(=O)n1-c1cccc(C(F)(F)F)c1. The van der Waals surface area contributed by atoms with Crippen LogP contribution in [0.15, 0.2) is 65.6 Å². The van der Waals surface area contributed by atoms with Crippen molar-refractivity contribution in [2.75, 3.05) is 41.3 Å². The van der Waals surface area contributed by atoms with Gasteiger partial charge in [0.15, 0.2) is 0 Å². The van der Waals surface area contributed by atoms with E-state index >= 15 is 0 Å². The Balaban J connectivity index is 1.48. The smallest absolute Gasteiger partial charge is 0.340 e. The van der Waals surface area contributed by atoms with Crippen molar-refractivity contribution < 1.29 is 27.2 Å². The third-order valence-corrected chi connectivity index (χ3v) is 8.93. The Morgan fingerprint density at radius 1 is 1.04 bits per heavy atom. The van der Waals surface area contributed by atoms with Crippen molar-refractivity contribution in [1.82, 2.24) is 29.1 Å². The van der Waals surface area contributed by atoms with Crippen LogP contribution >= 0.6 is 0 Å². The Hall–Kier alpha value is -5.16. The molecule has 1 aliphatic rings. The molecule has 0 aliphatic heterocycles. The molecule has 0 unspecified atom stereocenters. The highest BCUT2D eigenvalue weighted by Gasteiger charge is 2.34. The van der Waals surface area contributed by atoms with Gasteiger partial charge in [0.25, 0.3) is 0 Å². The lowest BCUT2D eigenvalue weighted by Gasteiger charge is -2.32.